The monoisotopic (exact) mass is 233 g/mol. The Morgan fingerprint density at radius 1 is 1.47 bits per heavy atom. The molecule has 0 aliphatic carbocycles. The molecule has 0 spiro atoms. The maximum atomic E-state index is 12.0. The Morgan fingerprint density at radius 3 is 2.76 bits per heavy atom. The summed E-state index contributed by atoms with van der Waals surface area (Å²) in [7, 11) is 0. The minimum absolute atomic E-state index is 0.0265. The lowest BCUT2D eigenvalue weighted by atomic mass is 10.3. The van der Waals surface area contributed by atoms with Gasteiger partial charge in [0.15, 0.2) is 0 Å². The van der Waals surface area contributed by atoms with Crippen molar-refractivity contribution in [2.24, 2.45) is 0 Å². The molecule has 0 N–H and O–H groups in total. The number of hydrogen-bond acceptors (Lipinski definition) is 3. The number of aromatic nitrogens is 2. The van der Waals surface area contributed by atoms with E-state index in [1.165, 1.54) is 12.8 Å². The van der Waals surface area contributed by atoms with Gasteiger partial charge < -0.3 is 4.90 Å². The summed E-state index contributed by atoms with van der Waals surface area (Å²) < 4.78 is 1.71. The van der Waals surface area contributed by atoms with E-state index in [2.05, 4.69) is 16.5 Å². The van der Waals surface area contributed by atoms with Gasteiger partial charge in [-0.05, 0) is 19.3 Å². The van der Waals surface area contributed by atoms with Crippen LogP contribution >= 0.6 is 0 Å². The van der Waals surface area contributed by atoms with E-state index in [-0.39, 0.29) is 5.56 Å². The Hall–Kier alpha value is -1.58. The number of allylic oxidation sites excluding steroid dienone is 1. The third-order valence-electron chi connectivity index (χ3n) is 3.10. The minimum atomic E-state index is 0.0265. The summed E-state index contributed by atoms with van der Waals surface area (Å²) in [6, 6.07) is 1.63. The zero-order chi connectivity index (χ0) is 12.3. The normalized spacial score (nSPS) is 15.2. The van der Waals surface area contributed by atoms with Crippen molar-refractivity contribution in [1.29, 1.82) is 0 Å². The maximum Gasteiger partial charge on any atom is 0.255 e. The molecule has 92 valence electrons. The molecule has 1 saturated heterocycles. The Balaban J connectivity index is 2.47. The highest BCUT2D eigenvalue weighted by molar-refractivity contribution is 5.34. The Bertz CT molecular complexity index is 458. The summed E-state index contributed by atoms with van der Waals surface area (Å²) in [6.45, 7) is 8.25. The van der Waals surface area contributed by atoms with Crippen LogP contribution in [0.2, 0.25) is 0 Å². The predicted molar refractivity (Wildman–Crippen MR) is 69.5 cm³/mol. The highest BCUT2D eigenvalue weighted by atomic mass is 16.1. The summed E-state index contributed by atoms with van der Waals surface area (Å²) >= 11 is 0. The maximum absolute atomic E-state index is 12.0. The van der Waals surface area contributed by atoms with Crippen LogP contribution in [0.4, 0.5) is 5.95 Å². The fourth-order valence-electron chi connectivity index (χ4n) is 2.18. The highest BCUT2D eigenvalue weighted by Crippen LogP contribution is 2.17. The summed E-state index contributed by atoms with van der Waals surface area (Å²) in [5.41, 5.74) is 0.899. The zero-order valence-corrected chi connectivity index (χ0v) is 10.4. The first-order valence-electron chi connectivity index (χ1n) is 6.23. The van der Waals surface area contributed by atoms with Gasteiger partial charge >= 0.3 is 0 Å². The van der Waals surface area contributed by atoms with Gasteiger partial charge in [-0.3, -0.25) is 9.36 Å². The van der Waals surface area contributed by atoms with Crippen molar-refractivity contribution in [3.63, 3.8) is 0 Å². The van der Waals surface area contributed by atoms with E-state index < -0.39 is 0 Å². The van der Waals surface area contributed by atoms with Gasteiger partial charge in [0, 0.05) is 31.4 Å². The SMILES string of the molecule is C=CCn1c(N2CCCC2)nc(CC)cc1=O. The largest absolute Gasteiger partial charge is 0.342 e. The topological polar surface area (TPSA) is 38.1 Å². The summed E-state index contributed by atoms with van der Waals surface area (Å²) in [4.78, 5) is 18.8. The van der Waals surface area contributed by atoms with Crippen molar-refractivity contribution >= 4 is 5.95 Å². The molecule has 0 radical (unpaired) electrons. The van der Waals surface area contributed by atoms with Crippen molar-refractivity contribution in [2.75, 3.05) is 18.0 Å². The van der Waals surface area contributed by atoms with Gasteiger partial charge in [-0.2, -0.15) is 0 Å². The van der Waals surface area contributed by atoms with Gasteiger partial charge in [-0.1, -0.05) is 13.0 Å². The molecular weight excluding hydrogens is 214 g/mol. The van der Waals surface area contributed by atoms with Crippen LogP contribution in [0.3, 0.4) is 0 Å². The van der Waals surface area contributed by atoms with Crippen molar-refractivity contribution in [2.45, 2.75) is 32.7 Å². The molecule has 2 rings (SSSR count). The second-order valence-electron chi connectivity index (χ2n) is 4.33. The van der Waals surface area contributed by atoms with Crippen LogP contribution in [-0.4, -0.2) is 22.6 Å². The molecule has 0 atom stereocenters. The summed E-state index contributed by atoms with van der Waals surface area (Å²) in [5, 5.41) is 0. The molecule has 0 aromatic carbocycles. The lowest BCUT2D eigenvalue weighted by molar-refractivity contribution is 0.708. The van der Waals surface area contributed by atoms with Gasteiger partial charge in [-0.15, -0.1) is 6.58 Å². The average Bonchev–Trinajstić information content (AvgIpc) is 2.85. The summed E-state index contributed by atoms with van der Waals surface area (Å²) in [6.07, 6.45) is 4.90. The first-order chi connectivity index (χ1) is 8.26. The van der Waals surface area contributed by atoms with Crippen LogP contribution in [-0.2, 0) is 13.0 Å². The lowest BCUT2D eigenvalue weighted by Gasteiger charge is -2.21. The van der Waals surface area contributed by atoms with E-state index in [9.17, 15) is 4.79 Å². The van der Waals surface area contributed by atoms with Gasteiger partial charge in [0.25, 0.3) is 5.56 Å². The van der Waals surface area contributed by atoms with E-state index in [0.717, 1.165) is 31.2 Å². The van der Waals surface area contributed by atoms with Crippen LogP contribution in [0.15, 0.2) is 23.5 Å². The van der Waals surface area contributed by atoms with E-state index in [1.807, 2.05) is 6.92 Å². The first-order valence-corrected chi connectivity index (χ1v) is 6.23. The second kappa shape index (κ2) is 5.17. The number of rotatable bonds is 4. The standard InChI is InChI=1S/C13H19N3O/c1-3-7-16-12(17)10-11(4-2)14-13(16)15-8-5-6-9-15/h3,10H,1,4-9H2,2H3. The van der Waals surface area contributed by atoms with Crippen LogP contribution < -0.4 is 10.5 Å². The number of aryl methyl sites for hydroxylation is 1. The van der Waals surface area contributed by atoms with Gasteiger partial charge in [0.1, 0.15) is 0 Å². The van der Waals surface area contributed by atoms with Crippen molar-refractivity contribution in [1.82, 2.24) is 9.55 Å². The highest BCUT2D eigenvalue weighted by Gasteiger charge is 2.18. The van der Waals surface area contributed by atoms with E-state index >= 15 is 0 Å². The fourth-order valence-corrected chi connectivity index (χ4v) is 2.18. The Kier molecular flexibility index (Phi) is 3.61. The molecule has 1 aromatic heterocycles. The molecule has 2 heterocycles. The molecular formula is C13H19N3O. The summed E-state index contributed by atoms with van der Waals surface area (Å²) in [5.74, 6) is 0.812. The third kappa shape index (κ3) is 2.40. The molecule has 1 aliphatic heterocycles. The fraction of sp³-hybridized carbons (Fsp3) is 0.538. The van der Waals surface area contributed by atoms with Crippen LogP contribution in [0, 0.1) is 0 Å². The minimum Gasteiger partial charge on any atom is -0.342 e. The van der Waals surface area contributed by atoms with Crippen molar-refractivity contribution in [3.05, 3.63) is 34.8 Å². The molecule has 0 amide bonds. The number of hydrogen-bond donors (Lipinski definition) is 0. The molecule has 4 heteroatoms. The quantitative estimate of drug-likeness (QED) is 0.741. The molecule has 17 heavy (non-hydrogen) atoms. The second-order valence-corrected chi connectivity index (χ2v) is 4.33. The molecule has 0 bridgehead atoms. The molecule has 0 unspecified atom stereocenters. The third-order valence-corrected chi connectivity index (χ3v) is 3.10. The lowest BCUT2D eigenvalue weighted by Crippen LogP contribution is -2.31. The predicted octanol–water partition coefficient (Wildman–Crippen LogP) is 1.59. The number of nitrogens with zero attached hydrogens (tertiary/aromatic N) is 3. The molecule has 1 aliphatic rings. The molecule has 0 saturated carbocycles. The van der Waals surface area contributed by atoms with Crippen LogP contribution in [0.5, 0.6) is 0 Å². The van der Waals surface area contributed by atoms with Crippen molar-refractivity contribution < 1.29 is 0 Å². The molecule has 1 aromatic rings. The zero-order valence-electron chi connectivity index (χ0n) is 10.4. The van der Waals surface area contributed by atoms with Crippen LogP contribution in [0.25, 0.3) is 0 Å². The Morgan fingerprint density at radius 2 is 2.18 bits per heavy atom. The van der Waals surface area contributed by atoms with E-state index in [0.29, 0.717) is 6.54 Å². The average molecular weight is 233 g/mol. The van der Waals surface area contributed by atoms with E-state index in [4.69, 9.17) is 0 Å². The van der Waals surface area contributed by atoms with Crippen LogP contribution in [0.1, 0.15) is 25.5 Å². The first kappa shape index (κ1) is 11.9. The number of anilines is 1. The van der Waals surface area contributed by atoms with Gasteiger partial charge in [-0.25, -0.2) is 4.98 Å². The van der Waals surface area contributed by atoms with Gasteiger partial charge in [0.2, 0.25) is 5.95 Å². The van der Waals surface area contributed by atoms with Crippen molar-refractivity contribution in [3.8, 4) is 0 Å². The molecule has 4 nitrogen and oxygen atoms in total. The smallest absolute Gasteiger partial charge is 0.255 e. The Labute approximate surface area is 102 Å². The van der Waals surface area contributed by atoms with Gasteiger partial charge in [0.05, 0.1) is 0 Å². The molecule has 1 fully saturated rings. The van der Waals surface area contributed by atoms with E-state index in [1.54, 1.807) is 16.7 Å².